The first-order chi connectivity index (χ1) is 13.5. The molecule has 28 heavy (non-hydrogen) atoms. The average Bonchev–Trinajstić information content (AvgIpc) is 3.16. The molecule has 0 bridgehead atoms. The van der Waals surface area contributed by atoms with Gasteiger partial charge in [0.2, 0.25) is 0 Å². The number of amides is 1. The number of furan rings is 1. The molecule has 1 aliphatic heterocycles. The van der Waals surface area contributed by atoms with Crippen LogP contribution >= 0.6 is 0 Å². The second-order valence-corrected chi connectivity index (χ2v) is 8.15. The van der Waals surface area contributed by atoms with E-state index in [9.17, 15) is 13.2 Å². The molecule has 1 aliphatic rings. The van der Waals surface area contributed by atoms with Crippen LogP contribution in [-0.2, 0) is 15.6 Å². The Morgan fingerprint density at radius 1 is 0.964 bits per heavy atom. The van der Waals surface area contributed by atoms with Crippen LogP contribution in [0.2, 0.25) is 0 Å². The maximum Gasteiger partial charge on any atom is 0.291 e. The summed E-state index contributed by atoms with van der Waals surface area (Å²) in [6, 6.07) is 14.6. The molecule has 1 N–H and O–H groups in total. The molecule has 0 saturated heterocycles. The van der Waals surface area contributed by atoms with Crippen LogP contribution in [0.1, 0.15) is 16.1 Å². The molecule has 0 saturated carbocycles. The van der Waals surface area contributed by atoms with E-state index < -0.39 is 15.7 Å². The molecule has 0 radical (unpaired) electrons. The van der Waals surface area contributed by atoms with Gasteiger partial charge in [-0.3, -0.25) is 4.79 Å². The van der Waals surface area contributed by atoms with Crippen molar-refractivity contribution in [1.82, 2.24) is 0 Å². The molecular formula is C20H17NO6S. The average molecular weight is 399 g/mol. The minimum Gasteiger partial charge on any atom is -0.486 e. The Kier molecular flexibility index (Phi) is 4.79. The fourth-order valence-electron chi connectivity index (χ4n) is 2.87. The first kappa shape index (κ1) is 18.1. The van der Waals surface area contributed by atoms with Gasteiger partial charge in [0.05, 0.1) is 16.9 Å². The quantitative estimate of drug-likeness (QED) is 0.708. The Balaban J connectivity index is 1.53. The Morgan fingerprint density at radius 3 is 2.50 bits per heavy atom. The maximum absolute atomic E-state index is 12.6. The molecule has 0 atom stereocenters. The van der Waals surface area contributed by atoms with Crippen molar-refractivity contribution < 1.29 is 27.1 Å². The van der Waals surface area contributed by atoms with Crippen LogP contribution in [0, 0.1) is 0 Å². The summed E-state index contributed by atoms with van der Waals surface area (Å²) >= 11 is 0. The number of hydrogen-bond acceptors (Lipinski definition) is 6. The molecular weight excluding hydrogens is 382 g/mol. The minimum atomic E-state index is -3.60. The molecule has 1 amide bonds. The third-order valence-electron chi connectivity index (χ3n) is 4.20. The largest absolute Gasteiger partial charge is 0.486 e. The summed E-state index contributed by atoms with van der Waals surface area (Å²) in [6.07, 6.45) is 1.30. The topological polar surface area (TPSA) is 94.8 Å². The number of fused-ring (bicyclic) bond motifs is 1. The van der Waals surface area contributed by atoms with Crippen LogP contribution in [0.4, 0.5) is 5.69 Å². The van der Waals surface area contributed by atoms with Gasteiger partial charge in [-0.1, -0.05) is 18.2 Å². The van der Waals surface area contributed by atoms with Crippen molar-refractivity contribution in [3.8, 4) is 11.5 Å². The van der Waals surface area contributed by atoms with Gasteiger partial charge in [-0.25, -0.2) is 8.42 Å². The number of rotatable bonds is 5. The molecule has 4 rings (SSSR count). The van der Waals surface area contributed by atoms with Crippen molar-refractivity contribution in [3.63, 3.8) is 0 Å². The Hall–Kier alpha value is -3.26. The van der Waals surface area contributed by atoms with E-state index in [2.05, 4.69) is 5.32 Å². The molecule has 7 nitrogen and oxygen atoms in total. The smallest absolute Gasteiger partial charge is 0.291 e. The van der Waals surface area contributed by atoms with E-state index >= 15 is 0 Å². The number of anilines is 1. The number of carbonyl (C=O) groups is 1. The molecule has 1 aromatic heterocycles. The van der Waals surface area contributed by atoms with Crippen LogP contribution in [0.25, 0.3) is 0 Å². The Morgan fingerprint density at radius 2 is 1.71 bits per heavy atom. The lowest BCUT2D eigenvalue weighted by molar-refractivity contribution is 0.0995. The molecule has 2 aromatic carbocycles. The van der Waals surface area contributed by atoms with Crippen LogP contribution in [0.3, 0.4) is 0 Å². The van der Waals surface area contributed by atoms with Crippen LogP contribution < -0.4 is 14.8 Å². The van der Waals surface area contributed by atoms with Crippen molar-refractivity contribution in [2.75, 3.05) is 18.5 Å². The molecule has 2 heterocycles. The highest BCUT2D eigenvalue weighted by molar-refractivity contribution is 7.90. The zero-order valence-corrected chi connectivity index (χ0v) is 15.6. The third-order valence-corrected chi connectivity index (χ3v) is 5.88. The van der Waals surface area contributed by atoms with Crippen molar-refractivity contribution >= 4 is 21.4 Å². The molecule has 3 aromatic rings. The van der Waals surface area contributed by atoms with Crippen LogP contribution in [0.5, 0.6) is 11.5 Å². The zero-order valence-electron chi connectivity index (χ0n) is 14.8. The molecule has 8 heteroatoms. The van der Waals surface area contributed by atoms with Crippen molar-refractivity contribution in [2.45, 2.75) is 10.6 Å². The third kappa shape index (κ3) is 3.72. The summed E-state index contributed by atoms with van der Waals surface area (Å²) in [5.74, 6) is 0.221. The highest BCUT2D eigenvalue weighted by Gasteiger charge is 2.23. The first-order valence-corrected chi connectivity index (χ1v) is 10.2. The van der Waals surface area contributed by atoms with Gasteiger partial charge in [-0.05, 0) is 30.3 Å². The summed E-state index contributed by atoms with van der Waals surface area (Å²) in [6.45, 7) is 0.911. The van der Waals surface area contributed by atoms with Gasteiger partial charge < -0.3 is 19.2 Å². The van der Waals surface area contributed by atoms with Gasteiger partial charge >= 0.3 is 0 Å². The monoisotopic (exact) mass is 399 g/mol. The number of sulfone groups is 1. The van der Waals surface area contributed by atoms with E-state index in [1.807, 2.05) is 0 Å². The summed E-state index contributed by atoms with van der Waals surface area (Å²) in [4.78, 5) is 12.8. The summed E-state index contributed by atoms with van der Waals surface area (Å²) < 4.78 is 41.4. The van der Waals surface area contributed by atoms with Gasteiger partial charge in [0.25, 0.3) is 5.91 Å². The predicted octanol–water partition coefficient (Wildman–Crippen LogP) is 3.28. The molecule has 0 aliphatic carbocycles. The Labute approximate surface area is 161 Å². The molecule has 0 fully saturated rings. The van der Waals surface area contributed by atoms with E-state index in [0.717, 1.165) is 0 Å². The van der Waals surface area contributed by atoms with Crippen LogP contribution in [0.15, 0.2) is 70.2 Å². The van der Waals surface area contributed by atoms with Gasteiger partial charge in [0, 0.05) is 17.3 Å². The number of nitrogens with one attached hydrogen (secondary N) is 1. The fraction of sp³-hybridized carbons (Fsp3) is 0.150. The van der Waals surface area contributed by atoms with E-state index in [0.29, 0.717) is 36.0 Å². The van der Waals surface area contributed by atoms with Crippen molar-refractivity contribution in [1.29, 1.82) is 0 Å². The van der Waals surface area contributed by atoms with Crippen LogP contribution in [-0.4, -0.2) is 27.5 Å². The zero-order chi connectivity index (χ0) is 19.6. The van der Waals surface area contributed by atoms with Gasteiger partial charge in [-0.2, -0.15) is 0 Å². The second kappa shape index (κ2) is 7.40. The summed E-state index contributed by atoms with van der Waals surface area (Å²) in [5, 5.41) is 2.70. The van der Waals surface area contributed by atoms with E-state index in [1.165, 1.54) is 24.5 Å². The lowest BCUT2D eigenvalue weighted by atomic mass is 10.2. The van der Waals surface area contributed by atoms with Crippen molar-refractivity contribution in [3.05, 3.63) is 72.2 Å². The van der Waals surface area contributed by atoms with E-state index in [4.69, 9.17) is 13.9 Å². The normalized spacial score (nSPS) is 13.1. The molecule has 0 unspecified atom stereocenters. The number of benzene rings is 2. The predicted molar refractivity (Wildman–Crippen MR) is 101 cm³/mol. The molecule has 0 spiro atoms. The molecule has 144 valence electrons. The Bertz CT molecular complexity index is 1100. The van der Waals surface area contributed by atoms with Gasteiger partial charge in [0.1, 0.15) is 13.2 Å². The van der Waals surface area contributed by atoms with E-state index in [-0.39, 0.29) is 16.4 Å². The maximum atomic E-state index is 12.6. The second-order valence-electron chi connectivity index (χ2n) is 6.16. The fourth-order valence-corrected chi connectivity index (χ4v) is 4.25. The highest BCUT2D eigenvalue weighted by Crippen LogP contribution is 2.33. The number of carbonyl (C=O) groups excluding carboxylic acids is 1. The summed E-state index contributed by atoms with van der Waals surface area (Å²) in [5.41, 5.74) is 0.779. The van der Waals surface area contributed by atoms with E-state index in [1.54, 1.807) is 36.4 Å². The lowest BCUT2D eigenvalue weighted by Gasteiger charge is -2.18. The standard InChI is InChI=1S/C20H17NO6S/c22-20(21-15-6-7-17-18(12-15)26-11-10-25-17)19-14(8-9-27-19)13-28(23,24)16-4-2-1-3-5-16/h1-9,12H,10-11,13H2,(H,21,22). The summed E-state index contributed by atoms with van der Waals surface area (Å²) in [7, 11) is -3.60. The number of ether oxygens (including phenoxy) is 2. The van der Waals surface area contributed by atoms with Gasteiger partial charge in [-0.15, -0.1) is 0 Å². The first-order valence-electron chi connectivity index (χ1n) is 8.58. The lowest BCUT2D eigenvalue weighted by Crippen LogP contribution is -2.17. The minimum absolute atomic E-state index is 0.0469. The SMILES string of the molecule is O=C(Nc1ccc2c(c1)OCCO2)c1occc1CS(=O)(=O)c1ccccc1. The van der Waals surface area contributed by atoms with Gasteiger partial charge in [0.15, 0.2) is 27.1 Å². The van der Waals surface area contributed by atoms with Crippen molar-refractivity contribution in [2.24, 2.45) is 0 Å². The highest BCUT2D eigenvalue weighted by atomic mass is 32.2. The number of hydrogen-bond donors (Lipinski definition) is 1.